The molecule has 2 fully saturated rings. The first-order valence-electron chi connectivity index (χ1n) is 10.3. The largest absolute Gasteiger partial charge is 0.380 e. The maximum atomic E-state index is 14.0. The lowest BCUT2D eigenvalue weighted by atomic mass is 10.0. The van der Waals surface area contributed by atoms with Crippen molar-refractivity contribution in [1.82, 2.24) is 9.21 Å². The molecule has 1 aromatic carbocycles. The van der Waals surface area contributed by atoms with Crippen LogP contribution in [0.2, 0.25) is 0 Å². The van der Waals surface area contributed by atoms with Gasteiger partial charge in [0.05, 0.1) is 18.0 Å². The van der Waals surface area contributed by atoms with Crippen molar-refractivity contribution >= 4 is 10.0 Å². The van der Waals surface area contributed by atoms with E-state index in [4.69, 9.17) is 4.74 Å². The van der Waals surface area contributed by atoms with Crippen LogP contribution >= 0.6 is 0 Å². The molecule has 1 atom stereocenters. The third kappa shape index (κ3) is 4.81. The quantitative estimate of drug-likeness (QED) is 0.693. The standard InChI is InChI=1S/C21H32F2N2O3S/c1-5-28-13-19-12-21(22,23)14-25(19)18-6-8-24(9-7-18)29(26,27)20-11-16(3)15(2)10-17(20)4/h10-11,18-19H,5-9,12-14H2,1-4H3/t19-/m0/s1. The zero-order valence-electron chi connectivity index (χ0n) is 17.7. The van der Waals surface area contributed by atoms with Gasteiger partial charge >= 0.3 is 0 Å². The van der Waals surface area contributed by atoms with E-state index in [1.165, 1.54) is 4.31 Å². The van der Waals surface area contributed by atoms with Gasteiger partial charge in [0.2, 0.25) is 10.0 Å². The smallest absolute Gasteiger partial charge is 0.262 e. The number of likely N-dealkylation sites (tertiary alicyclic amines) is 1. The van der Waals surface area contributed by atoms with Gasteiger partial charge < -0.3 is 4.74 Å². The zero-order valence-corrected chi connectivity index (χ0v) is 18.6. The highest BCUT2D eigenvalue weighted by Crippen LogP contribution is 2.36. The van der Waals surface area contributed by atoms with Crippen molar-refractivity contribution in [3.63, 3.8) is 0 Å². The van der Waals surface area contributed by atoms with E-state index in [1.54, 1.807) is 6.07 Å². The predicted molar refractivity (Wildman–Crippen MR) is 109 cm³/mol. The first-order chi connectivity index (χ1) is 13.5. The fourth-order valence-corrected chi connectivity index (χ4v) is 6.28. The average molecular weight is 431 g/mol. The second-order valence-corrected chi connectivity index (χ2v) is 10.3. The van der Waals surface area contributed by atoms with Crippen LogP contribution in [0, 0.1) is 20.8 Å². The Balaban J connectivity index is 1.70. The molecular weight excluding hydrogens is 398 g/mol. The first kappa shape index (κ1) is 22.6. The van der Waals surface area contributed by atoms with Crippen LogP contribution in [-0.2, 0) is 14.8 Å². The number of hydrogen-bond donors (Lipinski definition) is 0. The molecule has 2 heterocycles. The highest BCUT2D eigenvalue weighted by atomic mass is 32.2. The van der Waals surface area contributed by atoms with Gasteiger partial charge in [0, 0.05) is 38.2 Å². The Morgan fingerprint density at radius 2 is 1.72 bits per heavy atom. The molecule has 164 valence electrons. The average Bonchev–Trinajstić information content (AvgIpc) is 2.97. The van der Waals surface area contributed by atoms with Gasteiger partial charge in [0.25, 0.3) is 5.92 Å². The van der Waals surface area contributed by atoms with Crippen LogP contribution in [0.5, 0.6) is 0 Å². The van der Waals surface area contributed by atoms with Crippen molar-refractivity contribution < 1.29 is 21.9 Å². The summed E-state index contributed by atoms with van der Waals surface area (Å²) in [5.41, 5.74) is 2.75. The van der Waals surface area contributed by atoms with Crippen LogP contribution < -0.4 is 0 Å². The van der Waals surface area contributed by atoms with Crippen LogP contribution in [-0.4, -0.2) is 68.5 Å². The third-order valence-electron chi connectivity index (χ3n) is 6.23. The van der Waals surface area contributed by atoms with Gasteiger partial charge in [0.1, 0.15) is 0 Å². The van der Waals surface area contributed by atoms with Gasteiger partial charge in [-0.15, -0.1) is 0 Å². The third-order valence-corrected chi connectivity index (χ3v) is 8.27. The number of benzene rings is 1. The monoisotopic (exact) mass is 430 g/mol. The molecule has 2 saturated heterocycles. The number of alkyl halides is 2. The molecule has 0 N–H and O–H groups in total. The number of ether oxygens (including phenoxy) is 1. The highest BCUT2D eigenvalue weighted by molar-refractivity contribution is 7.89. The fourth-order valence-electron chi connectivity index (χ4n) is 4.52. The summed E-state index contributed by atoms with van der Waals surface area (Å²) in [5.74, 6) is -2.71. The van der Waals surface area contributed by atoms with Crippen molar-refractivity contribution in [2.24, 2.45) is 0 Å². The maximum absolute atomic E-state index is 14.0. The number of sulfonamides is 1. The molecule has 0 bridgehead atoms. The summed E-state index contributed by atoms with van der Waals surface area (Å²) < 4.78 is 61.3. The number of halogens is 2. The highest BCUT2D eigenvalue weighted by Gasteiger charge is 2.48. The van der Waals surface area contributed by atoms with Gasteiger partial charge in [-0.05, 0) is 63.3 Å². The van der Waals surface area contributed by atoms with E-state index in [1.807, 2.05) is 38.7 Å². The minimum absolute atomic E-state index is 0.0406. The SMILES string of the molecule is CCOC[C@@H]1CC(F)(F)CN1C1CCN(S(=O)(=O)c2cc(C)c(C)cc2C)CC1. The second-order valence-electron chi connectivity index (χ2n) is 8.38. The van der Waals surface area contributed by atoms with Gasteiger partial charge in [-0.1, -0.05) is 6.07 Å². The van der Waals surface area contributed by atoms with Crippen molar-refractivity contribution in [3.8, 4) is 0 Å². The van der Waals surface area contributed by atoms with Crippen LogP contribution in [0.25, 0.3) is 0 Å². The molecule has 29 heavy (non-hydrogen) atoms. The molecule has 2 aliphatic heterocycles. The van der Waals surface area contributed by atoms with Gasteiger partial charge in [0.15, 0.2) is 0 Å². The summed E-state index contributed by atoms with van der Waals surface area (Å²) in [4.78, 5) is 2.20. The Bertz CT molecular complexity index is 837. The predicted octanol–water partition coefficient (Wildman–Crippen LogP) is 3.51. The molecule has 0 radical (unpaired) electrons. The van der Waals surface area contributed by atoms with E-state index in [9.17, 15) is 17.2 Å². The Morgan fingerprint density at radius 3 is 2.34 bits per heavy atom. The topological polar surface area (TPSA) is 49.9 Å². The van der Waals surface area contributed by atoms with Crippen LogP contribution in [0.1, 0.15) is 42.9 Å². The molecule has 0 aliphatic carbocycles. The molecule has 0 spiro atoms. The summed E-state index contributed by atoms with van der Waals surface area (Å²) in [6.07, 6.45) is 0.928. The summed E-state index contributed by atoms with van der Waals surface area (Å²) >= 11 is 0. The molecule has 2 aliphatic rings. The molecule has 8 heteroatoms. The van der Waals surface area contributed by atoms with Crippen LogP contribution in [0.4, 0.5) is 8.78 Å². The van der Waals surface area contributed by atoms with E-state index >= 15 is 0 Å². The summed E-state index contributed by atoms with van der Waals surface area (Å²) in [7, 11) is -3.59. The minimum Gasteiger partial charge on any atom is -0.380 e. The molecule has 1 aromatic rings. The van der Waals surface area contributed by atoms with E-state index in [-0.39, 0.29) is 25.0 Å². The van der Waals surface area contributed by atoms with Crippen molar-refractivity contribution in [3.05, 3.63) is 28.8 Å². The van der Waals surface area contributed by atoms with Crippen LogP contribution in [0.15, 0.2) is 17.0 Å². The first-order valence-corrected chi connectivity index (χ1v) is 11.8. The number of aryl methyl sites for hydroxylation is 3. The Labute approximate surface area is 173 Å². The molecular formula is C21H32F2N2O3S. The lowest BCUT2D eigenvalue weighted by Crippen LogP contribution is -2.49. The van der Waals surface area contributed by atoms with Crippen molar-refractivity contribution in [2.75, 3.05) is 32.8 Å². The molecule has 5 nitrogen and oxygen atoms in total. The van der Waals surface area contributed by atoms with Gasteiger partial charge in [-0.2, -0.15) is 4.31 Å². The van der Waals surface area contributed by atoms with E-state index in [2.05, 4.69) is 0 Å². The number of piperidine rings is 1. The lowest BCUT2D eigenvalue weighted by molar-refractivity contribution is 0.00455. The Hall–Kier alpha value is -1.09. The Morgan fingerprint density at radius 1 is 1.10 bits per heavy atom. The molecule has 0 saturated carbocycles. The van der Waals surface area contributed by atoms with E-state index < -0.39 is 15.9 Å². The fraction of sp³-hybridized carbons (Fsp3) is 0.714. The minimum atomic E-state index is -3.59. The van der Waals surface area contributed by atoms with Gasteiger partial charge in [-0.25, -0.2) is 17.2 Å². The molecule has 0 unspecified atom stereocenters. The molecule has 0 amide bonds. The van der Waals surface area contributed by atoms with Crippen molar-refractivity contribution in [2.45, 2.75) is 69.9 Å². The number of nitrogens with zero attached hydrogens (tertiary/aromatic N) is 2. The summed E-state index contributed by atoms with van der Waals surface area (Å²) in [6, 6.07) is 3.30. The van der Waals surface area contributed by atoms with Gasteiger partial charge in [-0.3, -0.25) is 4.90 Å². The van der Waals surface area contributed by atoms with Crippen molar-refractivity contribution in [1.29, 1.82) is 0 Å². The summed E-state index contributed by atoms with van der Waals surface area (Å²) in [5, 5.41) is 0. The Kier molecular flexibility index (Phi) is 6.68. The van der Waals surface area contributed by atoms with E-state index in [0.29, 0.717) is 44.0 Å². The van der Waals surface area contributed by atoms with E-state index in [0.717, 1.165) is 16.7 Å². The summed E-state index contributed by atoms with van der Waals surface area (Å²) in [6.45, 7) is 8.78. The molecule has 3 rings (SSSR count). The molecule has 0 aromatic heterocycles. The zero-order chi connectivity index (χ0) is 21.4. The van der Waals surface area contributed by atoms with Crippen LogP contribution in [0.3, 0.4) is 0 Å². The number of rotatable bonds is 6. The maximum Gasteiger partial charge on any atom is 0.262 e. The normalized spacial score (nSPS) is 24.3. The second kappa shape index (κ2) is 8.57. The lowest BCUT2D eigenvalue weighted by Gasteiger charge is -2.38. The number of hydrogen-bond acceptors (Lipinski definition) is 4.